The van der Waals surface area contributed by atoms with Crippen LogP contribution >= 0.6 is 0 Å². The second kappa shape index (κ2) is 9.32. The fraction of sp³-hybridized carbons (Fsp3) is 0.944. The number of hydrogen-bond donors (Lipinski definition) is 1. The number of amidine groups is 1. The number of unbranched alkanes of at least 4 members (excludes halogenated alkanes) is 2. The van der Waals surface area contributed by atoms with E-state index in [0.29, 0.717) is 18.1 Å². The van der Waals surface area contributed by atoms with Gasteiger partial charge in [-0.1, -0.05) is 58.3 Å². The van der Waals surface area contributed by atoms with Crippen molar-refractivity contribution in [3.63, 3.8) is 0 Å². The number of ether oxygens (including phenoxy) is 1. The average molecular weight is 294 g/mol. The summed E-state index contributed by atoms with van der Waals surface area (Å²) >= 11 is 0. The maximum Gasteiger partial charge on any atom is 0.284 e. The Morgan fingerprint density at radius 3 is 1.90 bits per heavy atom. The van der Waals surface area contributed by atoms with Crippen LogP contribution in [0.25, 0.3) is 0 Å². The van der Waals surface area contributed by atoms with Crippen LogP contribution in [0.15, 0.2) is 0 Å². The summed E-state index contributed by atoms with van der Waals surface area (Å²) in [4.78, 5) is 2.38. The smallest absolute Gasteiger partial charge is 0.284 e. The maximum absolute atomic E-state index is 8.46. The lowest BCUT2D eigenvalue weighted by Crippen LogP contribution is -2.49. The summed E-state index contributed by atoms with van der Waals surface area (Å²) in [6.07, 6.45) is 16.6. The molecule has 21 heavy (non-hydrogen) atoms. The molecular formula is C18H34N2O. The van der Waals surface area contributed by atoms with E-state index >= 15 is 0 Å². The van der Waals surface area contributed by atoms with Crippen molar-refractivity contribution in [1.29, 1.82) is 5.41 Å². The zero-order chi connectivity index (χ0) is 14.9. The second-order valence-corrected chi connectivity index (χ2v) is 6.85. The van der Waals surface area contributed by atoms with Gasteiger partial charge in [0.05, 0.1) is 6.61 Å². The molecule has 0 heterocycles. The Morgan fingerprint density at radius 2 is 1.43 bits per heavy atom. The van der Waals surface area contributed by atoms with Crippen molar-refractivity contribution in [3.05, 3.63) is 0 Å². The second-order valence-electron chi connectivity index (χ2n) is 6.85. The molecule has 3 heteroatoms. The van der Waals surface area contributed by atoms with E-state index in [2.05, 4.69) is 11.8 Å². The highest BCUT2D eigenvalue weighted by Crippen LogP contribution is 2.30. The van der Waals surface area contributed by atoms with Crippen molar-refractivity contribution in [2.45, 2.75) is 102 Å². The predicted molar refractivity (Wildman–Crippen MR) is 88.8 cm³/mol. The summed E-state index contributed by atoms with van der Waals surface area (Å²) in [7, 11) is 0. The first-order chi connectivity index (χ1) is 10.3. The monoisotopic (exact) mass is 294 g/mol. The zero-order valence-corrected chi connectivity index (χ0v) is 13.9. The summed E-state index contributed by atoms with van der Waals surface area (Å²) in [6, 6.07) is 1.62. The first-order valence-corrected chi connectivity index (χ1v) is 9.32. The van der Waals surface area contributed by atoms with Gasteiger partial charge in [-0.25, -0.2) is 0 Å². The first-order valence-electron chi connectivity index (χ1n) is 9.32. The van der Waals surface area contributed by atoms with Crippen LogP contribution in [0.4, 0.5) is 0 Å². The van der Waals surface area contributed by atoms with Gasteiger partial charge in [0.1, 0.15) is 0 Å². The minimum absolute atomic E-state index is 0.477. The van der Waals surface area contributed by atoms with E-state index in [-0.39, 0.29) is 0 Å². The van der Waals surface area contributed by atoms with Gasteiger partial charge in [0, 0.05) is 12.1 Å². The molecule has 2 aliphatic carbocycles. The van der Waals surface area contributed by atoms with E-state index in [4.69, 9.17) is 10.1 Å². The lowest BCUT2D eigenvalue weighted by molar-refractivity contribution is 0.109. The molecule has 122 valence electrons. The molecule has 0 amide bonds. The fourth-order valence-corrected chi connectivity index (χ4v) is 3.94. The standard InChI is InChI=1S/C18H34N2O/c1-2-3-10-15-21-18(19)20(16-11-6-4-7-12-16)17-13-8-5-9-14-17/h16-17,19H,2-15H2,1H3. The molecule has 0 saturated heterocycles. The van der Waals surface area contributed by atoms with Crippen LogP contribution in [0.5, 0.6) is 0 Å². The van der Waals surface area contributed by atoms with Crippen LogP contribution in [0.2, 0.25) is 0 Å². The van der Waals surface area contributed by atoms with E-state index in [1.807, 2.05) is 0 Å². The molecular weight excluding hydrogens is 260 g/mol. The molecule has 0 aromatic carbocycles. The Hall–Kier alpha value is -0.730. The van der Waals surface area contributed by atoms with Crippen molar-refractivity contribution in [3.8, 4) is 0 Å². The van der Waals surface area contributed by atoms with Gasteiger partial charge in [-0.15, -0.1) is 0 Å². The normalized spacial score (nSPS) is 21.2. The van der Waals surface area contributed by atoms with Crippen molar-refractivity contribution >= 4 is 6.02 Å². The Balaban J connectivity index is 1.91. The topological polar surface area (TPSA) is 36.3 Å². The largest absolute Gasteiger partial charge is 0.465 e. The van der Waals surface area contributed by atoms with Gasteiger partial charge in [0.15, 0.2) is 0 Å². The van der Waals surface area contributed by atoms with Gasteiger partial charge >= 0.3 is 0 Å². The summed E-state index contributed by atoms with van der Waals surface area (Å²) in [6.45, 7) is 2.93. The molecule has 2 aliphatic rings. The van der Waals surface area contributed by atoms with E-state index < -0.39 is 0 Å². The SMILES string of the molecule is CCCCCOC(=N)N(C1CCCCC1)C1CCCCC1. The molecule has 0 aromatic heterocycles. The maximum atomic E-state index is 8.46. The molecule has 0 bridgehead atoms. The lowest BCUT2D eigenvalue weighted by Gasteiger charge is -2.42. The number of nitrogens with zero attached hydrogens (tertiary/aromatic N) is 1. The number of hydrogen-bond acceptors (Lipinski definition) is 2. The van der Waals surface area contributed by atoms with Crippen LogP contribution in [-0.4, -0.2) is 29.6 Å². The van der Waals surface area contributed by atoms with Crippen LogP contribution in [-0.2, 0) is 4.74 Å². The molecule has 0 radical (unpaired) electrons. The molecule has 0 atom stereocenters. The molecule has 2 rings (SSSR count). The fourth-order valence-electron chi connectivity index (χ4n) is 3.94. The highest BCUT2D eigenvalue weighted by molar-refractivity contribution is 5.71. The molecule has 2 saturated carbocycles. The van der Waals surface area contributed by atoms with Gasteiger partial charge in [0.25, 0.3) is 6.02 Å². The highest BCUT2D eigenvalue weighted by atomic mass is 16.5. The van der Waals surface area contributed by atoms with Gasteiger partial charge in [-0.05, 0) is 32.1 Å². The summed E-state index contributed by atoms with van der Waals surface area (Å²) < 4.78 is 5.82. The quantitative estimate of drug-likeness (QED) is 0.420. The minimum atomic E-state index is 0.477. The van der Waals surface area contributed by atoms with Crippen molar-refractivity contribution in [2.75, 3.05) is 6.61 Å². The van der Waals surface area contributed by atoms with E-state index in [1.165, 1.54) is 77.0 Å². The number of rotatable bonds is 6. The first kappa shape index (κ1) is 16.6. The van der Waals surface area contributed by atoms with Gasteiger partial charge < -0.3 is 9.64 Å². The van der Waals surface area contributed by atoms with Crippen LogP contribution < -0.4 is 0 Å². The van der Waals surface area contributed by atoms with E-state index in [1.54, 1.807) is 0 Å². The molecule has 2 fully saturated rings. The molecule has 1 N–H and O–H groups in total. The van der Waals surface area contributed by atoms with Gasteiger partial charge in [-0.2, -0.15) is 0 Å². The molecule has 0 unspecified atom stereocenters. The third-order valence-electron chi connectivity index (χ3n) is 5.16. The third kappa shape index (κ3) is 5.19. The molecule has 0 aromatic rings. The summed E-state index contributed by atoms with van der Waals surface area (Å²) in [5.74, 6) is 0. The zero-order valence-electron chi connectivity index (χ0n) is 13.9. The molecule has 3 nitrogen and oxygen atoms in total. The van der Waals surface area contributed by atoms with E-state index in [0.717, 1.165) is 13.0 Å². The third-order valence-corrected chi connectivity index (χ3v) is 5.16. The molecule has 0 aliphatic heterocycles. The number of nitrogens with one attached hydrogen (secondary N) is 1. The molecule has 0 spiro atoms. The van der Waals surface area contributed by atoms with Gasteiger partial charge in [-0.3, -0.25) is 5.41 Å². The Kier molecular flexibility index (Phi) is 7.38. The Morgan fingerprint density at radius 1 is 0.905 bits per heavy atom. The Bertz CT molecular complexity index is 276. The lowest BCUT2D eigenvalue weighted by atomic mass is 9.89. The van der Waals surface area contributed by atoms with Crippen LogP contribution in [0, 0.1) is 5.41 Å². The summed E-state index contributed by atoms with van der Waals surface area (Å²) in [5.41, 5.74) is 0. The summed E-state index contributed by atoms with van der Waals surface area (Å²) in [5, 5.41) is 8.46. The van der Waals surface area contributed by atoms with Crippen molar-refractivity contribution < 1.29 is 4.74 Å². The van der Waals surface area contributed by atoms with Gasteiger partial charge in [0.2, 0.25) is 0 Å². The van der Waals surface area contributed by atoms with Crippen molar-refractivity contribution in [2.24, 2.45) is 0 Å². The Labute approximate surface area is 130 Å². The minimum Gasteiger partial charge on any atom is -0.465 e. The predicted octanol–water partition coefficient (Wildman–Crippen LogP) is 5.10. The van der Waals surface area contributed by atoms with Crippen LogP contribution in [0.1, 0.15) is 90.4 Å². The highest BCUT2D eigenvalue weighted by Gasteiger charge is 2.31. The van der Waals surface area contributed by atoms with Crippen LogP contribution in [0.3, 0.4) is 0 Å². The van der Waals surface area contributed by atoms with Crippen molar-refractivity contribution in [1.82, 2.24) is 4.90 Å². The average Bonchev–Trinajstić information content (AvgIpc) is 2.54. The van der Waals surface area contributed by atoms with E-state index in [9.17, 15) is 0 Å².